The van der Waals surface area contributed by atoms with Crippen LogP contribution < -0.4 is 5.32 Å². The van der Waals surface area contributed by atoms with E-state index in [1.807, 2.05) is 0 Å². The summed E-state index contributed by atoms with van der Waals surface area (Å²) in [6.45, 7) is 6.66. The molecule has 0 saturated heterocycles. The predicted molar refractivity (Wildman–Crippen MR) is 285 cm³/mol. The SMILES string of the molecule is CC(C)(C)NC(=O)C1C23c4c5c6c7c8c9c(c%10c%11c2c2c4c4c%12c5c5c6c6c8c8c%13c9c9c%10c%10c%11c%11c2c2c4c4c%12c%12c5c5c6c8c6c8c%13c9c9c%10c%10c%11c2c2c4c4c%12c5c6c5c8c9c%10c2c45)C713. The molecule has 0 atom stereocenters. The van der Waals surface area contributed by atoms with Gasteiger partial charge in [-0.15, -0.1) is 0 Å². The largest absolute Gasteiger partial charge is 0.351 e. The molecular weight excluding hydrogens is 823 g/mol. The molecule has 0 unspecified atom stereocenters. The Labute approximate surface area is 370 Å². The van der Waals surface area contributed by atoms with Crippen LogP contribution in [0, 0.1) is 5.92 Å². The summed E-state index contributed by atoms with van der Waals surface area (Å²) in [5.74, 6) is 0.0790. The number of amides is 1. The molecule has 0 aromatic heterocycles. The fourth-order valence-electron chi connectivity index (χ4n) is 25.3. The number of hydrogen-bond donors (Lipinski definition) is 1. The summed E-state index contributed by atoms with van der Waals surface area (Å²) in [4.78, 5) is 16.4. The summed E-state index contributed by atoms with van der Waals surface area (Å²) in [5.41, 5.74) is 5.14. The molecule has 33 rings (SSSR count). The van der Waals surface area contributed by atoms with Gasteiger partial charge < -0.3 is 5.32 Å². The second-order valence-electron chi connectivity index (χ2n) is 26.5. The Bertz CT molecular complexity index is 6600. The zero-order valence-corrected chi connectivity index (χ0v) is 35.5. The molecule has 1 N–H and O–H groups in total. The Morgan fingerprint density at radius 1 is 0.250 bits per heavy atom. The molecule has 0 bridgehead atoms. The van der Waals surface area contributed by atoms with Gasteiger partial charge in [-0.05, 0) is 334 Å². The third-order valence-corrected chi connectivity index (χ3v) is 25.0. The standard InChI is InChI=1S/C66H11NO/c1-64(2,3)67-63(68)62-65-58-50-42-32-22-14-6-4-5-8-12-10(6)18-26-20(12)30-24-16(8)17-9(5)13-11-7(4)15(14)23-29-19(11)27-21(13)31-25(17)35-34(24)44-38(30)48-40(26)46(36(42)28(18)22)54(58)56(48)60-52(44)53-45(35)39(31)49-41(27)47-37(29)43(33(23)32)51(50)59(65)55(47)57(49)61(53)66(60,62)65/h62H,1-3H3,(H,67,68). The van der Waals surface area contributed by atoms with Crippen molar-refractivity contribution in [3.8, 4) is 0 Å². The van der Waals surface area contributed by atoms with Crippen molar-refractivity contribution >= 4 is 297 Å². The van der Waals surface area contributed by atoms with Crippen LogP contribution in [0.1, 0.15) is 43.0 Å². The van der Waals surface area contributed by atoms with Gasteiger partial charge in [-0.3, -0.25) is 4.79 Å². The van der Waals surface area contributed by atoms with Gasteiger partial charge in [0.25, 0.3) is 0 Å². The number of hydrogen-bond acceptors (Lipinski definition) is 1. The van der Waals surface area contributed by atoms with Crippen LogP contribution in [0.2, 0.25) is 0 Å². The molecule has 2 spiro atoms. The number of rotatable bonds is 1. The first-order chi connectivity index (χ1) is 33.5. The van der Waals surface area contributed by atoms with Gasteiger partial charge in [0.05, 0.1) is 16.7 Å². The first-order valence-corrected chi connectivity index (χ1v) is 25.6. The highest BCUT2D eigenvalue weighted by atomic mass is 16.2. The molecule has 1 saturated carbocycles. The van der Waals surface area contributed by atoms with Crippen molar-refractivity contribution in [2.45, 2.75) is 37.1 Å². The van der Waals surface area contributed by atoms with Crippen LogP contribution in [0.5, 0.6) is 0 Å². The molecule has 28 aromatic carbocycles. The monoisotopic (exact) mass is 833 g/mol. The van der Waals surface area contributed by atoms with Crippen LogP contribution in [-0.4, -0.2) is 11.4 Å². The molecule has 0 heterocycles. The normalized spacial score (nSPS) is 23.8. The second kappa shape index (κ2) is 5.42. The summed E-state index contributed by atoms with van der Waals surface area (Å²) in [5, 5.41) is 90.6. The van der Waals surface area contributed by atoms with Crippen molar-refractivity contribution in [2.75, 3.05) is 0 Å². The Morgan fingerprint density at radius 2 is 0.368 bits per heavy atom. The zero-order valence-electron chi connectivity index (χ0n) is 35.5. The van der Waals surface area contributed by atoms with Gasteiger partial charge in [0.2, 0.25) is 5.91 Å². The number of carbonyl (C=O) groups is 1. The zero-order chi connectivity index (χ0) is 40.8. The molecule has 2 heteroatoms. The lowest BCUT2D eigenvalue weighted by Gasteiger charge is -2.32. The van der Waals surface area contributed by atoms with E-state index in [-0.39, 0.29) is 17.4 Å². The van der Waals surface area contributed by atoms with E-state index in [0.29, 0.717) is 0 Å². The van der Waals surface area contributed by atoms with Gasteiger partial charge in [-0.25, -0.2) is 0 Å². The van der Waals surface area contributed by atoms with Crippen LogP contribution in [-0.2, 0) is 15.6 Å². The summed E-state index contributed by atoms with van der Waals surface area (Å²) in [6.07, 6.45) is 0. The molecule has 28 aromatic rings. The second-order valence-corrected chi connectivity index (χ2v) is 26.5. The maximum absolute atomic E-state index is 16.4. The van der Waals surface area contributed by atoms with Gasteiger partial charge in [0.15, 0.2) is 0 Å². The van der Waals surface area contributed by atoms with Crippen molar-refractivity contribution in [2.24, 2.45) is 5.92 Å². The van der Waals surface area contributed by atoms with E-state index < -0.39 is 10.8 Å². The van der Waals surface area contributed by atoms with Crippen molar-refractivity contribution < 1.29 is 4.79 Å². The third-order valence-electron chi connectivity index (χ3n) is 25.0. The van der Waals surface area contributed by atoms with Crippen molar-refractivity contribution in [3.63, 3.8) is 0 Å². The highest BCUT2D eigenvalue weighted by molar-refractivity contribution is 6.82. The minimum absolute atomic E-state index is 0.206. The molecule has 5 aliphatic rings. The minimum atomic E-state index is -0.451. The van der Waals surface area contributed by atoms with E-state index in [2.05, 4.69) is 26.1 Å². The Balaban J connectivity index is 1.20. The Hall–Kier alpha value is -8.07. The van der Waals surface area contributed by atoms with Gasteiger partial charge in [-0.1, -0.05) is 0 Å². The maximum atomic E-state index is 16.4. The highest BCUT2D eigenvalue weighted by Gasteiger charge is 2.88. The lowest BCUT2D eigenvalue weighted by molar-refractivity contribution is -0.124. The van der Waals surface area contributed by atoms with Crippen LogP contribution >= 0.6 is 0 Å². The topological polar surface area (TPSA) is 29.1 Å². The molecule has 0 radical (unpaired) electrons. The van der Waals surface area contributed by atoms with E-state index in [0.717, 1.165) is 0 Å². The quantitative estimate of drug-likeness (QED) is 0.164. The van der Waals surface area contributed by atoms with Crippen LogP contribution in [0.4, 0.5) is 0 Å². The van der Waals surface area contributed by atoms with E-state index in [1.54, 1.807) is 313 Å². The first-order valence-electron chi connectivity index (χ1n) is 25.6. The number of nitrogens with one attached hydrogen (secondary N) is 1. The fraction of sp³-hybridized carbons (Fsp3) is 0.106. The van der Waals surface area contributed by atoms with Crippen molar-refractivity contribution in [3.05, 3.63) is 22.3 Å². The van der Waals surface area contributed by atoms with Crippen LogP contribution in [0.15, 0.2) is 0 Å². The average molecular weight is 834 g/mol. The van der Waals surface area contributed by atoms with Gasteiger partial charge in [0.1, 0.15) is 0 Å². The van der Waals surface area contributed by atoms with E-state index in [1.165, 1.54) is 0 Å². The first kappa shape index (κ1) is 25.2. The molecule has 2 nitrogen and oxygen atoms in total. The summed E-state index contributed by atoms with van der Waals surface area (Å²) < 4.78 is 0. The van der Waals surface area contributed by atoms with Crippen molar-refractivity contribution in [1.29, 1.82) is 0 Å². The van der Waals surface area contributed by atoms with E-state index >= 15 is 4.79 Å². The van der Waals surface area contributed by atoms with E-state index in [4.69, 9.17) is 0 Å². The van der Waals surface area contributed by atoms with Gasteiger partial charge in [-0.2, -0.15) is 0 Å². The molecule has 286 valence electrons. The molecule has 1 amide bonds. The molecular formula is C66H11NO. The lowest BCUT2D eigenvalue weighted by Crippen LogP contribution is -2.43. The molecule has 0 aliphatic heterocycles. The molecule has 5 aliphatic carbocycles. The predicted octanol–water partition coefficient (Wildman–Crippen LogP) is 16.8. The third kappa shape index (κ3) is 1.27. The average Bonchev–Trinajstić information content (AvgIpc) is 4.33. The maximum Gasteiger partial charge on any atom is 0.226 e. The van der Waals surface area contributed by atoms with Crippen molar-refractivity contribution in [1.82, 2.24) is 5.32 Å². The van der Waals surface area contributed by atoms with Gasteiger partial charge in [0, 0.05) is 5.54 Å². The smallest absolute Gasteiger partial charge is 0.226 e. The summed E-state index contributed by atoms with van der Waals surface area (Å²) in [7, 11) is 0. The van der Waals surface area contributed by atoms with E-state index in [9.17, 15) is 0 Å². The molecule has 1 fully saturated rings. The summed E-state index contributed by atoms with van der Waals surface area (Å²) in [6, 6.07) is 0. The molecule has 68 heavy (non-hydrogen) atoms. The van der Waals surface area contributed by atoms with Crippen LogP contribution in [0.25, 0.3) is 291 Å². The Kier molecular flexibility index (Phi) is 2.01. The van der Waals surface area contributed by atoms with Gasteiger partial charge >= 0.3 is 0 Å². The minimum Gasteiger partial charge on any atom is -0.351 e. The fourth-order valence-corrected chi connectivity index (χ4v) is 25.3. The van der Waals surface area contributed by atoms with Crippen LogP contribution in [0.3, 0.4) is 0 Å². The highest BCUT2D eigenvalue weighted by Crippen LogP contribution is 2.92. The Morgan fingerprint density at radius 3 is 0.485 bits per heavy atom. The number of benzene rings is 18. The number of carbonyl (C=O) groups excluding carboxylic acids is 1. The summed E-state index contributed by atoms with van der Waals surface area (Å²) >= 11 is 0. The lowest BCUT2D eigenvalue weighted by atomic mass is 9.68.